The van der Waals surface area contributed by atoms with Gasteiger partial charge in [0.15, 0.2) is 6.29 Å². The van der Waals surface area contributed by atoms with Gasteiger partial charge in [0.2, 0.25) is 0 Å². The zero-order chi connectivity index (χ0) is 24.2. The van der Waals surface area contributed by atoms with Gasteiger partial charge in [0.1, 0.15) is 17.2 Å². The number of pyridine rings is 1. The van der Waals surface area contributed by atoms with Gasteiger partial charge < -0.3 is 34.9 Å². The lowest BCUT2D eigenvalue weighted by atomic mass is 9.97. The number of aliphatic hydroxyl groups excluding tert-OH is 1. The highest BCUT2D eigenvalue weighted by atomic mass is 16.5. The van der Waals surface area contributed by atoms with Crippen molar-refractivity contribution in [2.45, 2.75) is 19.1 Å². The van der Waals surface area contributed by atoms with Crippen LogP contribution in [0, 0.1) is 5.92 Å². The Kier molecular flexibility index (Phi) is 6.69. The second kappa shape index (κ2) is 10.2. The molecule has 1 amide bonds. The Morgan fingerprint density at radius 1 is 1.20 bits per heavy atom. The van der Waals surface area contributed by atoms with Crippen LogP contribution in [0.2, 0.25) is 0 Å². The first-order valence-electron chi connectivity index (χ1n) is 11.8. The summed E-state index contributed by atoms with van der Waals surface area (Å²) < 4.78 is 7.72. The lowest BCUT2D eigenvalue weighted by molar-refractivity contribution is -0.0426. The molecule has 0 aliphatic carbocycles. The number of aliphatic hydroxyl groups is 2. The number of likely N-dealkylation sites (tertiary alicyclic amines) is 1. The van der Waals surface area contributed by atoms with E-state index in [4.69, 9.17) is 4.74 Å². The van der Waals surface area contributed by atoms with Crippen LogP contribution in [0.25, 0.3) is 5.65 Å². The summed E-state index contributed by atoms with van der Waals surface area (Å²) in [6, 6.07) is 10.5. The maximum Gasteiger partial charge on any atom is 0.256 e. The van der Waals surface area contributed by atoms with Crippen LogP contribution >= 0.6 is 0 Å². The molecular weight excluding hydrogens is 446 g/mol. The number of hydrogen-bond donors (Lipinski definition) is 4. The number of hydrogen-bond acceptors (Lipinski definition) is 7. The molecule has 4 N–H and O–H groups in total. The van der Waals surface area contributed by atoms with Crippen molar-refractivity contribution in [1.29, 1.82) is 0 Å². The minimum Gasteiger partial charge on any atom is -0.493 e. The first kappa shape index (κ1) is 22.9. The van der Waals surface area contributed by atoms with Crippen LogP contribution in [-0.2, 0) is 0 Å². The lowest BCUT2D eigenvalue weighted by Crippen LogP contribution is -2.42. The molecule has 1 fully saturated rings. The zero-order valence-electron chi connectivity index (χ0n) is 19.3. The molecule has 0 radical (unpaired) electrons. The van der Waals surface area contributed by atoms with Gasteiger partial charge in [-0.05, 0) is 55.2 Å². The molecule has 2 aliphatic rings. The molecule has 0 spiro atoms. The van der Waals surface area contributed by atoms with E-state index in [2.05, 4.69) is 20.5 Å². The van der Waals surface area contributed by atoms with Crippen LogP contribution in [0.3, 0.4) is 0 Å². The van der Waals surface area contributed by atoms with Crippen molar-refractivity contribution < 1.29 is 19.7 Å². The van der Waals surface area contributed by atoms with Crippen LogP contribution in [0.4, 0.5) is 0 Å². The van der Waals surface area contributed by atoms with Crippen molar-refractivity contribution in [3.8, 4) is 5.75 Å². The molecule has 3 aromatic rings. The number of carbonyl (C=O) groups is 1. The molecule has 35 heavy (non-hydrogen) atoms. The molecule has 1 saturated heterocycles. The maximum atomic E-state index is 12.6. The van der Waals surface area contributed by atoms with Gasteiger partial charge in [-0.3, -0.25) is 4.79 Å². The van der Waals surface area contributed by atoms with E-state index in [-0.39, 0.29) is 5.91 Å². The van der Waals surface area contributed by atoms with E-state index in [1.165, 1.54) is 0 Å². The van der Waals surface area contributed by atoms with Gasteiger partial charge >= 0.3 is 0 Å². The van der Waals surface area contributed by atoms with E-state index in [0.717, 1.165) is 43.1 Å². The fourth-order valence-corrected chi connectivity index (χ4v) is 4.38. The van der Waals surface area contributed by atoms with Crippen molar-refractivity contribution in [3.63, 3.8) is 0 Å². The lowest BCUT2D eigenvalue weighted by Gasteiger charge is -2.36. The third kappa shape index (κ3) is 5.47. The van der Waals surface area contributed by atoms with E-state index < -0.39 is 6.29 Å². The number of imidazole rings is 1. The van der Waals surface area contributed by atoms with Crippen molar-refractivity contribution in [2.24, 2.45) is 5.92 Å². The summed E-state index contributed by atoms with van der Waals surface area (Å²) in [6.07, 6.45) is 9.78. The summed E-state index contributed by atoms with van der Waals surface area (Å²) in [5.74, 6) is 2.01. The normalized spacial score (nSPS) is 16.6. The molecule has 2 aliphatic heterocycles. The number of nitrogens with one attached hydrogen (secondary N) is 2. The summed E-state index contributed by atoms with van der Waals surface area (Å²) in [6.45, 7) is 3.00. The quantitative estimate of drug-likeness (QED) is 0.388. The Morgan fingerprint density at radius 3 is 2.83 bits per heavy atom. The minimum absolute atomic E-state index is 0.148. The number of fused-ring (bicyclic) bond motifs is 1. The highest BCUT2D eigenvalue weighted by Gasteiger charge is 2.22. The highest BCUT2D eigenvalue weighted by molar-refractivity contribution is 5.95. The summed E-state index contributed by atoms with van der Waals surface area (Å²) in [4.78, 5) is 19.2. The second-order valence-corrected chi connectivity index (χ2v) is 8.85. The van der Waals surface area contributed by atoms with Gasteiger partial charge in [0.05, 0.1) is 18.7 Å². The van der Waals surface area contributed by atoms with Crippen LogP contribution in [0.15, 0.2) is 78.7 Å². The monoisotopic (exact) mass is 475 g/mol. The van der Waals surface area contributed by atoms with Crippen LogP contribution in [0.1, 0.15) is 35.1 Å². The molecule has 9 heteroatoms. The Bertz CT molecular complexity index is 1260. The van der Waals surface area contributed by atoms with Gasteiger partial charge in [0, 0.05) is 42.9 Å². The number of benzene rings is 1. The molecule has 0 unspecified atom stereocenters. The molecule has 9 nitrogen and oxygen atoms in total. The topological polar surface area (TPSA) is 111 Å². The van der Waals surface area contributed by atoms with Gasteiger partial charge in [-0.2, -0.15) is 0 Å². The van der Waals surface area contributed by atoms with E-state index in [9.17, 15) is 15.0 Å². The van der Waals surface area contributed by atoms with Gasteiger partial charge in [-0.1, -0.05) is 12.1 Å². The number of piperidine rings is 1. The summed E-state index contributed by atoms with van der Waals surface area (Å²) >= 11 is 0. The number of allylic oxidation sites excluding steroid dienone is 2. The maximum absolute atomic E-state index is 12.6. The minimum atomic E-state index is -1.49. The average Bonchev–Trinajstić information content (AvgIpc) is 3.36. The van der Waals surface area contributed by atoms with Crippen LogP contribution in [-0.4, -0.2) is 56.6 Å². The second-order valence-electron chi connectivity index (χ2n) is 8.85. The number of nitrogens with zero attached hydrogens (tertiary/aromatic N) is 3. The largest absolute Gasteiger partial charge is 0.493 e. The SMILES string of the molecule is O=C(NC1=CC=C(N2CCC(COc3cccc(C(O)O)c3)CC2)NC1)c1ccc2nccn2c1. The molecule has 2 aromatic heterocycles. The molecular formula is C26H29N5O4. The van der Waals surface area contributed by atoms with E-state index >= 15 is 0 Å². The van der Waals surface area contributed by atoms with Crippen LogP contribution < -0.4 is 15.4 Å². The molecule has 0 saturated carbocycles. The Morgan fingerprint density at radius 2 is 2.06 bits per heavy atom. The van der Waals surface area contributed by atoms with Gasteiger partial charge in [0.25, 0.3) is 5.91 Å². The average molecular weight is 476 g/mol. The molecule has 5 rings (SSSR count). The number of amides is 1. The van der Waals surface area contributed by atoms with Crippen LogP contribution in [0.5, 0.6) is 5.75 Å². The van der Waals surface area contributed by atoms with Crippen molar-refractivity contribution in [1.82, 2.24) is 24.9 Å². The molecule has 182 valence electrons. The number of ether oxygens (including phenoxy) is 1. The standard InChI is InChI=1S/C26H29N5O4/c32-25(20-4-6-23-27-10-13-31(23)16-20)29-21-5-7-24(28-15-21)30-11-8-18(9-12-30)17-35-22-3-1-2-19(14-22)26(33)34/h1-7,10,13-14,16,18,26,28,33-34H,8-9,11-12,15,17H2,(H,29,32). The molecule has 1 aromatic carbocycles. The third-order valence-corrected chi connectivity index (χ3v) is 6.42. The predicted octanol–water partition coefficient (Wildman–Crippen LogP) is 2.17. The third-order valence-electron chi connectivity index (χ3n) is 6.42. The summed E-state index contributed by atoms with van der Waals surface area (Å²) in [5.41, 5.74) is 2.63. The van der Waals surface area contributed by atoms with Crippen molar-refractivity contribution >= 4 is 11.6 Å². The Labute approximate surface area is 203 Å². The Balaban J connectivity index is 1.10. The van der Waals surface area contributed by atoms with Crippen molar-refractivity contribution in [2.75, 3.05) is 26.2 Å². The number of carbonyl (C=O) groups excluding carboxylic acids is 1. The molecule has 0 bridgehead atoms. The van der Waals surface area contributed by atoms with E-state index in [0.29, 0.717) is 35.9 Å². The van der Waals surface area contributed by atoms with E-state index in [1.54, 1.807) is 36.7 Å². The predicted molar refractivity (Wildman–Crippen MR) is 130 cm³/mol. The first-order chi connectivity index (χ1) is 17.0. The number of rotatable bonds is 7. The fraction of sp³-hybridized carbons (Fsp3) is 0.308. The molecule has 4 heterocycles. The number of aromatic nitrogens is 2. The highest BCUT2D eigenvalue weighted by Crippen LogP contribution is 2.23. The van der Waals surface area contributed by atoms with E-state index in [1.807, 2.05) is 34.9 Å². The Hall–Kier alpha value is -3.82. The zero-order valence-corrected chi connectivity index (χ0v) is 19.3. The fourth-order valence-electron chi connectivity index (χ4n) is 4.38. The number of dihydropyridines is 1. The smallest absolute Gasteiger partial charge is 0.256 e. The summed E-state index contributed by atoms with van der Waals surface area (Å²) in [7, 11) is 0. The summed E-state index contributed by atoms with van der Waals surface area (Å²) in [5, 5.41) is 25.0. The molecule has 0 atom stereocenters. The van der Waals surface area contributed by atoms with Gasteiger partial charge in [-0.25, -0.2) is 4.98 Å². The van der Waals surface area contributed by atoms with Crippen molar-refractivity contribution in [3.05, 3.63) is 89.8 Å². The first-order valence-corrected chi connectivity index (χ1v) is 11.8. The van der Waals surface area contributed by atoms with Gasteiger partial charge in [-0.15, -0.1) is 0 Å².